The lowest BCUT2D eigenvalue weighted by molar-refractivity contribution is 0.0699. The van der Waals surface area contributed by atoms with E-state index in [9.17, 15) is 9.18 Å². The van der Waals surface area contributed by atoms with Gasteiger partial charge < -0.3 is 9.32 Å². The van der Waals surface area contributed by atoms with Gasteiger partial charge in [-0.25, -0.2) is 4.39 Å². The summed E-state index contributed by atoms with van der Waals surface area (Å²) in [6, 6.07) is 17.8. The van der Waals surface area contributed by atoms with E-state index in [-0.39, 0.29) is 17.8 Å². The van der Waals surface area contributed by atoms with E-state index in [4.69, 9.17) is 4.42 Å². The van der Waals surface area contributed by atoms with Gasteiger partial charge in [-0.05, 0) is 60.4 Å². The number of fused-ring (bicyclic) bond motifs is 1. The van der Waals surface area contributed by atoms with Gasteiger partial charge in [0.15, 0.2) is 5.76 Å². The van der Waals surface area contributed by atoms with E-state index in [1.54, 1.807) is 29.2 Å². The van der Waals surface area contributed by atoms with Crippen molar-refractivity contribution in [2.75, 3.05) is 7.05 Å². The highest BCUT2D eigenvalue weighted by Gasteiger charge is 2.30. The van der Waals surface area contributed by atoms with Crippen LogP contribution in [0.5, 0.6) is 0 Å². The molecule has 0 saturated carbocycles. The third-order valence-electron chi connectivity index (χ3n) is 4.83. The average molecular weight is 335 g/mol. The molecule has 1 aliphatic rings. The molecule has 4 rings (SSSR count). The molecule has 0 N–H and O–H groups in total. The summed E-state index contributed by atoms with van der Waals surface area (Å²) in [5.41, 5.74) is 3.26. The summed E-state index contributed by atoms with van der Waals surface area (Å²) in [7, 11) is 1.81. The number of hydrogen-bond donors (Lipinski definition) is 0. The first-order valence-electron chi connectivity index (χ1n) is 8.34. The van der Waals surface area contributed by atoms with Gasteiger partial charge in [0.2, 0.25) is 0 Å². The molecule has 1 amide bonds. The van der Waals surface area contributed by atoms with Gasteiger partial charge in [-0.3, -0.25) is 4.79 Å². The summed E-state index contributed by atoms with van der Waals surface area (Å²) >= 11 is 0. The van der Waals surface area contributed by atoms with Crippen LogP contribution in [-0.2, 0) is 6.42 Å². The smallest absolute Gasteiger partial charge is 0.289 e. The Labute approximate surface area is 145 Å². The van der Waals surface area contributed by atoms with E-state index in [1.165, 1.54) is 23.3 Å². The Hall–Kier alpha value is -2.88. The van der Waals surface area contributed by atoms with Gasteiger partial charge in [0, 0.05) is 12.6 Å². The molecule has 126 valence electrons. The number of amides is 1. The molecular weight excluding hydrogens is 317 g/mol. The van der Waals surface area contributed by atoms with Gasteiger partial charge in [-0.1, -0.05) is 24.3 Å². The zero-order chi connectivity index (χ0) is 17.4. The van der Waals surface area contributed by atoms with Crippen LogP contribution < -0.4 is 0 Å². The highest BCUT2D eigenvalue weighted by molar-refractivity contribution is 5.92. The molecule has 1 heterocycles. The molecule has 1 unspecified atom stereocenters. The Morgan fingerprint density at radius 2 is 1.84 bits per heavy atom. The van der Waals surface area contributed by atoms with Gasteiger partial charge in [-0.15, -0.1) is 0 Å². The van der Waals surface area contributed by atoms with Crippen molar-refractivity contribution in [2.45, 2.75) is 18.9 Å². The second-order valence-corrected chi connectivity index (χ2v) is 6.34. The molecule has 1 aromatic heterocycles. The predicted molar refractivity (Wildman–Crippen MR) is 93.7 cm³/mol. The van der Waals surface area contributed by atoms with Crippen LogP contribution in [0.1, 0.15) is 34.1 Å². The zero-order valence-corrected chi connectivity index (χ0v) is 13.9. The molecule has 2 aromatic carbocycles. The van der Waals surface area contributed by atoms with E-state index in [0.717, 1.165) is 18.4 Å². The summed E-state index contributed by atoms with van der Waals surface area (Å²) in [5, 5.41) is 0. The average Bonchev–Trinajstić information content (AvgIpc) is 3.28. The van der Waals surface area contributed by atoms with Crippen molar-refractivity contribution in [3.05, 3.63) is 83.4 Å². The molecule has 25 heavy (non-hydrogen) atoms. The van der Waals surface area contributed by atoms with Gasteiger partial charge >= 0.3 is 0 Å². The summed E-state index contributed by atoms with van der Waals surface area (Å²) in [4.78, 5) is 14.6. The van der Waals surface area contributed by atoms with Crippen molar-refractivity contribution < 1.29 is 13.6 Å². The molecule has 1 aliphatic carbocycles. The maximum atomic E-state index is 13.0. The quantitative estimate of drug-likeness (QED) is 0.686. The number of carbonyl (C=O) groups excluding carboxylic acids is 1. The number of benzene rings is 2. The summed E-state index contributed by atoms with van der Waals surface area (Å²) in [6.07, 6.45) is 1.91. The Kier molecular flexibility index (Phi) is 3.88. The minimum atomic E-state index is -0.300. The van der Waals surface area contributed by atoms with Gasteiger partial charge in [-0.2, -0.15) is 0 Å². The molecular formula is C21H18FNO2. The maximum absolute atomic E-state index is 13.0. The van der Waals surface area contributed by atoms with E-state index in [0.29, 0.717) is 11.5 Å². The molecule has 0 saturated heterocycles. The fourth-order valence-electron chi connectivity index (χ4n) is 3.47. The van der Waals surface area contributed by atoms with E-state index in [1.807, 2.05) is 19.2 Å². The summed E-state index contributed by atoms with van der Waals surface area (Å²) in [5.74, 6) is 0.413. The van der Waals surface area contributed by atoms with Gasteiger partial charge in [0.05, 0.1) is 6.04 Å². The minimum Gasteiger partial charge on any atom is -0.451 e. The molecule has 3 aromatic rings. The van der Waals surface area contributed by atoms with Crippen LogP contribution in [0.2, 0.25) is 0 Å². The maximum Gasteiger partial charge on any atom is 0.289 e. The van der Waals surface area contributed by atoms with Crippen LogP contribution in [0.4, 0.5) is 4.39 Å². The minimum absolute atomic E-state index is 0.0723. The molecule has 0 bridgehead atoms. The zero-order valence-electron chi connectivity index (χ0n) is 13.9. The lowest BCUT2D eigenvalue weighted by atomic mass is 10.1. The highest BCUT2D eigenvalue weighted by Crippen LogP contribution is 2.35. The van der Waals surface area contributed by atoms with Crippen molar-refractivity contribution in [1.29, 1.82) is 0 Å². The van der Waals surface area contributed by atoms with Gasteiger partial charge in [0.1, 0.15) is 11.6 Å². The van der Waals surface area contributed by atoms with Crippen molar-refractivity contribution in [1.82, 2.24) is 4.90 Å². The predicted octanol–water partition coefficient (Wildman–Crippen LogP) is 4.85. The number of halogens is 1. The van der Waals surface area contributed by atoms with Gasteiger partial charge in [0.25, 0.3) is 5.91 Å². The van der Waals surface area contributed by atoms with E-state index in [2.05, 4.69) is 12.1 Å². The van der Waals surface area contributed by atoms with Crippen LogP contribution in [-0.4, -0.2) is 17.9 Å². The molecule has 1 atom stereocenters. The van der Waals surface area contributed by atoms with Crippen LogP contribution in [0.15, 0.2) is 65.1 Å². The van der Waals surface area contributed by atoms with E-state index < -0.39 is 0 Å². The Bertz CT molecular complexity index is 914. The number of rotatable bonds is 3. The van der Waals surface area contributed by atoms with Crippen LogP contribution in [0, 0.1) is 5.82 Å². The molecule has 4 heteroatoms. The normalized spacial score (nSPS) is 15.8. The Morgan fingerprint density at radius 1 is 1.08 bits per heavy atom. The number of nitrogens with zero attached hydrogens (tertiary/aromatic N) is 1. The molecule has 3 nitrogen and oxygen atoms in total. The number of hydrogen-bond acceptors (Lipinski definition) is 2. The fourth-order valence-corrected chi connectivity index (χ4v) is 3.47. The number of furan rings is 1. The largest absolute Gasteiger partial charge is 0.451 e. The van der Waals surface area contributed by atoms with Crippen molar-refractivity contribution >= 4 is 5.91 Å². The Morgan fingerprint density at radius 3 is 2.64 bits per heavy atom. The topological polar surface area (TPSA) is 33.5 Å². The molecule has 0 aliphatic heterocycles. The van der Waals surface area contributed by atoms with Crippen molar-refractivity contribution in [3.63, 3.8) is 0 Å². The third kappa shape index (κ3) is 2.84. The standard InChI is InChI=1S/C21H18FNO2/c1-23(18-11-8-14-4-2-3-5-17(14)18)21(24)20-13-12-19(25-20)15-6-9-16(22)10-7-15/h2-7,9-10,12-13,18H,8,11H2,1H3. The van der Waals surface area contributed by atoms with Crippen molar-refractivity contribution in [3.8, 4) is 11.3 Å². The fraction of sp³-hybridized carbons (Fsp3) is 0.190. The summed E-state index contributed by atoms with van der Waals surface area (Å²) in [6.45, 7) is 0. The Balaban J connectivity index is 1.56. The van der Waals surface area contributed by atoms with E-state index >= 15 is 0 Å². The molecule has 0 fully saturated rings. The van der Waals surface area contributed by atoms with Crippen LogP contribution in [0.25, 0.3) is 11.3 Å². The first-order chi connectivity index (χ1) is 12.1. The first-order valence-corrected chi connectivity index (χ1v) is 8.34. The SMILES string of the molecule is CN(C(=O)c1ccc(-c2ccc(F)cc2)o1)C1CCc2ccccc21. The first kappa shape index (κ1) is 15.6. The van der Waals surface area contributed by atoms with Crippen LogP contribution in [0.3, 0.4) is 0 Å². The highest BCUT2D eigenvalue weighted by atomic mass is 19.1. The van der Waals surface area contributed by atoms with Crippen LogP contribution >= 0.6 is 0 Å². The van der Waals surface area contributed by atoms with Crippen molar-refractivity contribution in [2.24, 2.45) is 0 Å². The number of carbonyl (C=O) groups is 1. The second-order valence-electron chi connectivity index (χ2n) is 6.34. The lowest BCUT2D eigenvalue weighted by Crippen LogP contribution is -2.29. The number of aryl methyl sites for hydroxylation is 1. The molecule has 0 radical (unpaired) electrons. The second kappa shape index (κ2) is 6.20. The monoisotopic (exact) mass is 335 g/mol. The third-order valence-corrected chi connectivity index (χ3v) is 4.83. The molecule has 0 spiro atoms. The lowest BCUT2D eigenvalue weighted by Gasteiger charge is -2.24. The summed E-state index contributed by atoms with van der Waals surface area (Å²) < 4.78 is 18.8.